The van der Waals surface area contributed by atoms with E-state index in [4.69, 9.17) is 9.47 Å². The number of carbonyl (C=O) groups excluding carboxylic acids is 2. The Morgan fingerprint density at radius 2 is 2.19 bits per heavy atom. The van der Waals surface area contributed by atoms with Gasteiger partial charge in [0, 0.05) is 6.54 Å². The van der Waals surface area contributed by atoms with Crippen LogP contribution in [0.2, 0.25) is 0 Å². The molecule has 0 aromatic heterocycles. The summed E-state index contributed by atoms with van der Waals surface area (Å²) in [5.41, 5.74) is 1.11. The molecule has 1 fully saturated rings. The van der Waals surface area contributed by atoms with Crippen LogP contribution in [0, 0.1) is 6.92 Å². The standard InChI is InChI=1S/C16H21NO4/c1-12-5-3-6-13(11-12)21-10-8-15(18)17-9-4-7-14(17)16(19)20-2/h3,5-6,11,14H,4,7-10H2,1-2H3. The molecule has 0 radical (unpaired) electrons. The molecule has 1 unspecified atom stereocenters. The van der Waals surface area contributed by atoms with E-state index in [1.165, 1.54) is 7.11 Å². The monoisotopic (exact) mass is 291 g/mol. The van der Waals surface area contributed by atoms with E-state index < -0.39 is 6.04 Å². The first-order valence-corrected chi connectivity index (χ1v) is 7.18. The number of likely N-dealkylation sites (tertiary alicyclic amines) is 1. The number of nitrogens with zero attached hydrogens (tertiary/aromatic N) is 1. The van der Waals surface area contributed by atoms with Crippen LogP contribution in [0.1, 0.15) is 24.8 Å². The van der Waals surface area contributed by atoms with E-state index in [1.54, 1.807) is 4.90 Å². The van der Waals surface area contributed by atoms with Crippen molar-refractivity contribution in [2.24, 2.45) is 0 Å². The van der Waals surface area contributed by atoms with E-state index in [1.807, 2.05) is 31.2 Å². The van der Waals surface area contributed by atoms with Crippen LogP contribution < -0.4 is 4.74 Å². The van der Waals surface area contributed by atoms with Crippen LogP contribution in [-0.2, 0) is 14.3 Å². The first-order chi connectivity index (χ1) is 10.1. The minimum atomic E-state index is -0.429. The summed E-state index contributed by atoms with van der Waals surface area (Å²) in [5.74, 6) is 0.366. The van der Waals surface area contributed by atoms with Crippen molar-refractivity contribution in [3.8, 4) is 5.75 Å². The van der Waals surface area contributed by atoms with E-state index in [2.05, 4.69) is 0 Å². The molecule has 5 heteroatoms. The first kappa shape index (κ1) is 15.4. The topological polar surface area (TPSA) is 55.8 Å². The molecular formula is C16H21NO4. The van der Waals surface area contributed by atoms with Gasteiger partial charge in [0.05, 0.1) is 20.1 Å². The average Bonchev–Trinajstić information content (AvgIpc) is 2.96. The molecule has 1 amide bonds. The predicted molar refractivity (Wildman–Crippen MR) is 78.0 cm³/mol. The lowest BCUT2D eigenvalue weighted by atomic mass is 10.2. The summed E-state index contributed by atoms with van der Waals surface area (Å²) in [7, 11) is 1.35. The lowest BCUT2D eigenvalue weighted by Crippen LogP contribution is -2.41. The molecule has 5 nitrogen and oxygen atoms in total. The maximum Gasteiger partial charge on any atom is 0.328 e. The molecule has 1 aromatic rings. The summed E-state index contributed by atoms with van der Waals surface area (Å²) < 4.78 is 10.3. The lowest BCUT2D eigenvalue weighted by Gasteiger charge is -2.22. The molecule has 0 saturated carbocycles. The van der Waals surface area contributed by atoms with E-state index in [-0.39, 0.29) is 18.3 Å². The van der Waals surface area contributed by atoms with Crippen LogP contribution in [0.5, 0.6) is 5.75 Å². The van der Waals surface area contributed by atoms with Crippen LogP contribution in [-0.4, -0.2) is 43.1 Å². The Hall–Kier alpha value is -2.04. The maximum absolute atomic E-state index is 12.2. The molecule has 1 aromatic carbocycles. The smallest absolute Gasteiger partial charge is 0.328 e. The molecule has 1 atom stereocenters. The molecule has 1 aliphatic rings. The van der Waals surface area contributed by atoms with Crippen molar-refractivity contribution in [3.63, 3.8) is 0 Å². The summed E-state index contributed by atoms with van der Waals surface area (Å²) in [6, 6.07) is 7.27. The Morgan fingerprint density at radius 1 is 1.38 bits per heavy atom. The highest BCUT2D eigenvalue weighted by Crippen LogP contribution is 2.19. The van der Waals surface area contributed by atoms with Gasteiger partial charge in [0.25, 0.3) is 0 Å². The van der Waals surface area contributed by atoms with Crippen molar-refractivity contribution in [1.82, 2.24) is 4.90 Å². The molecule has 1 saturated heterocycles. The highest BCUT2D eigenvalue weighted by Gasteiger charge is 2.34. The molecule has 114 valence electrons. The Morgan fingerprint density at radius 3 is 2.90 bits per heavy atom. The minimum absolute atomic E-state index is 0.0597. The molecule has 0 aliphatic carbocycles. The molecule has 1 heterocycles. The van der Waals surface area contributed by atoms with Crippen LogP contribution in [0.25, 0.3) is 0 Å². The number of amides is 1. The van der Waals surface area contributed by atoms with Crippen LogP contribution in [0.4, 0.5) is 0 Å². The Bertz CT molecular complexity index is 515. The zero-order chi connectivity index (χ0) is 15.2. The zero-order valence-corrected chi connectivity index (χ0v) is 12.5. The van der Waals surface area contributed by atoms with Gasteiger partial charge in [0.15, 0.2) is 0 Å². The van der Waals surface area contributed by atoms with E-state index in [9.17, 15) is 9.59 Å². The summed E-state index contributed by atoms with van der Waals surface area (Å²) >= 11 is 0. The third kappa shape index (κ3) is 3.97. The van der Waals surface area contributed by atoms with Gasteiger partial charge in [0.1, 0.15) is 11.8 Å². The Balaban J connectivity index is 1.83. The molecule has 1 aliphatic heterocycles. The van der Waals surface area contributed by atoms with Gasteiger partial charge in [-0.1, -0.05) is 12.1 Å². The fourth-order valence-electron chi connectivity index (χ4n) is 2.55. The summed E-state index contributed by atoms with van der Waals surface area (Å²) in [5, 5.41) is 0. The van der Waals surface area contributed by atoms with Crippen molar-refractivity contribution in [1.29, 1.82) is 0 Å². The number of aryl methyl sites for hydroxylation is 1. The Labute approximate surface area is 124 Å². The normalized spacial score (nSPS) is 17.6. The number of hydrogen-bond donors (Lipinski definition) is 0. The highest BCUT2D eigenvalue weighted by molar-refractivity contribution is 5.85. The maximum atomic E-state index is 12.2. The fraction of sp³-hybridized carbons (Fsp3) is 0.500. The van der Waals surface area contributed by atoms with Crippen molar-refractivity contribution in [2.45, 2.75) is 32.2 Å². The third-order valence-electron chi connectivity index (χ3n) is 3.62. The SMILES string of the molecule is COC(=O)C1CCCN1C(=O)CCOc1cccc(C)c1. The van der Waals surface area contributed by atoms with Crippen molar-refractivity contribution >= 4 is 11.9 Å². The molecule has 2 rings (SSSR count). The predicted octanol–water partition coefficient (Wildman–Crippen LogP) is 1.93. The summed E-state index contributed by atoms with van der Waals surface area (Å²) in [6.07, 6.45) is 1.78. The number of esters is 1. The van der Waals surface area contributed by atoms with E-state index in [0.29, 0.717) is 19.6 Å². The second-order valence-corrected chi connectivity index (χ2v) is 5.18. The second kappa shape index (κ2) is 7.11. The summed E-state index contributed by atoms with van der Waals surface area (Å²) in [6.45, 7) is 2.92. The first-order valence-electron chi connectivity index (χ1n) is 7.18. The number of ether oxygens (including phenoxy) is 2. The van der Waals surface area contributed by atoms with Gasteiger partial charge < -0.3 is 14.4 Å². The number of methoxy groups -OCH3 is 1. The van der Waals surface area contributed by atoms with Crippen molar-refractivity contribution in [2.75, 3.05) is 20.3 Å². The quantitative estimate of drug-likeness (QED) is 0.778. The van der Waals surface area contributed by atoms with Crippen molar-refractivity contribution in [3.05, 3.63) is 29.8 Å². The molecule has 21 heavy (non-hydrogen) atoms. The van der Waals surface area contributed by atoms with Crippen LogP contribution >= 0.6 is 0 Å². The van der Waals surface area contributed by atoms with Gasteiger partial charge in [-0.3, -0.25) is 4.79 Å². The van der Waals surface area contributed by atoms with Crippen LogP contribution in [0.15, 0.2) is 24.3 Å². The average molecular weight is 291 g/mol. The fourth-order valence-corrected chi connectivity index (χ4v) is 2.55. The molecule has 0 N–H and O–H groups in total. The molecule has 0 spiro atoms. The number of rotatable bonds is 5. The van der Waals surface area contributed by atoms with Crippen LogP contribution in [0.3, 0.4) is 0 Å². The van der Waals surface area contributed by atoms with Crippen molar-refractivity contribution < 1.29 is 19.1 Å². The molecule has 0 bridgehead atoms. The largest absolute Gasteiger partial charge is 0.493 e. The third-order valence-corrected chi connectivity index (χ3v) is 3.62. The van der Waals surface area contributed by atoms with Gasteiger partial charge >= 0.3 is 5.97 Å². The van der Waals surface area contributed by atoms with Gasteiger partial charge in [-0.2, -0.15) is 0 Å². The van der Waals surface area contributed by atoms with Gasteiger partial charge in [-0.05, 0) is 37.5 Å². The minimum Gasteiger partial charge on any atom is -0.493 e. The number of hydrogen-bond acceptors (Lipinski definition) is 4. The van der Waals surface area contributed by atoms with E-state index >= 15 is 0 Å². The highest BCUT2D eigenvalue weighted by atomic mass is 16.5. The van der Waals surface area contributed by atoms with E-state index in [0.717, 1.165) is 17.7 Å². The molecular weight excluding hydrogens is 270 g/mol. The Kier molecular flexibility index (Phi) is 5.20. The summed E-state index contributed by atoms with van der Waals surface area (Å²) in [4.78, 5) is 25.4. The number of benzene rings is 1. The van der Waals surface area contributed by atoms with Gasteiger partial charge in [-0.25, -0.2) is 4.79 Å². The number of carbonyl (C=O) groups is 2. The second-order valence-electron chi connectivity index (χ2n) is 5.18. The lowest BCUT2D eigenvalue weighted by molar-refractivity contribution is -0.151. The van der Waals surface area contributed by atoms with Gasteiger partial charge in [0.2, 0.25) is 5.91 Å². The van der Waals surface area contributed by atoms with Gasteiger partial charge in [-0.15, -0.1) is 0 Å². The zero-order valence-electron chi connectivity index (χ0n) is 12.5.